The Hall–Kier alpha value is -2.67. The van der Waals surface area contributed by atoms with Crippen molar-refractivity contribution in [1.82, 2.24) is 20.9 Å². The fraction of sp³-hybridized carbons (Fsp3) is 0.808. The van der Waals surface area contributed by atoms with E-state index >= 15 is 0 Å². The van der Waals surface area contributed by atoms with Gasteiger partial charge in [-0.05, 0) is 60.3 Å². The average Bonchev–Trinajstić information content (AvgIpc) is 3.41. The number of nitrogens with one attached hydrogen (secondary N) is 3. The molecular formula is C26H45BN4O8. The van der Waals surface area contributed by atoms with E-state index in [2.05, 4.69) is 20.7 Å². The minimum Gasteiger partial charge on any atom is -0.469 e. The molecule has 0 bridgehead atoms. The second-order valence-corrected chi connectivity index (χ2v) is 11.7. The third-order valence-electron chi connectivity index (χ3n) is 7.71. The van der Waals surface area contributed by atoms with Crippen LogP contribution in [0.3, 0.4) is 0 Å². The zero-order valence-corrected chi connectivity index (χ0v) is 24.7. The predicted octanol–water partition coefficient (Wildman–Crippen LogP) is 0.712. The topological polar surface area (TPSA) is 152 Å². The van der Waals surface area contributed by atoms with Gasteiger partial charge in [0.2, 0.25) is 23.6 Å². The molecule has 2 saturated heterocycles. The molecule has 2 rings (SSSR count). The first-order valence-corrected chi connectivity index (χ1v) is 13.6. The van der Waals surface area contributed by atoms with Gasteiger partial charge in [-0.1, -0.05) is 13.8 Å². The molecule has 0 aliphatic carbocycles. The molecule has 0 aromatic heterocycles. The Morgan fingerprint density at radius 3 is 2.05 bits per heavy atom. The van der Waals surface area contributed by atoms with Crippen molar-refractivity contribution >= 4 is 36.7 Å². The first-order chi connectivity index (χ1) is 18.0. The van der Waals surface area contributed by atoms with Gasteiger partial charge >= 0.3 is 13.1 Å². The van der Waals surface area contributed by atoms with Crippen LogP contribution in [0.15, 0.2) is 0 Å². The van der Waals surface area contributed by atoms with Gasteiger partial charge in [-0.25, -0.2) is 0 Å². The molecule has 4 atom stereocenters. The van der Waals surface area contributed by atoms with Crippen LogP contribution >= 0.6 is 0 Å². The first kappa shape index (κ1) is 32.5. The highest BCUT2D eigenvalue weighted by molar-refractivity contribution is 6.48. The summed E-state index contributed by atoms with van der Waals surface area (Å²) in [5.74, 6) is -2.65. The van der Waals surface area contributed by atoms with Crippen molar-refractivity contribution in [3.63, 3.8) is 0 Å². The Kier molecular flexibility index (Phi) is 11.0. The number of hydrogen-bond donors (Lipinski definition) is 3. The molecule has 12 nitrogen and oxygen atoms in total. The molecule has 0 aromatic carbocycles. The largest absolute Gasteiger partial charge is 0.482 e. The van der Waals surface area contributed by atoms with Crippen LogP contribution in [0.4, 0.5) is 0 Å². The molecule has 2 aliphatic rings. The number of nitrogens with zero attached hydrogens (tertiary/aromatic N) is 1. The molecule has 0 saturated carbocycles. The van der Waals surface area contributed by atoms with Gasteiger partial charge in [0.1, 0.15) is 18.1 Å². The smallest absolute Gasteiger partial charge is 0.469 e. The van der Waals surface area contributed by atoms with E-state index in [1.807, 2.05) is 41.5 Å². The molecule has 39 heavy (non-hydrogen) atoms. The van der Waals surface area contributed by atoms with Crippen LogP contribution in [0.2, 0.25) is 0 Å². The van der Waals surface area contributed by atoms with E-state index in [4.69, 9.17) is 9.31 Å². The van der Waals surface area contributed by atoms with Crippen LogP contribution in [-0.4, -0.2) is 90.5 Å². The monoisotopic (exact) mass is 552 g/mol. The molecule has 13 heteroatoms. The normalized spacial score (nSPS) is 22.2. The molecule has 2 fully saturated rings. The third kappa shape index (κ3) is 8.17. The fourth-order valence-corrected chi connectivity index (χ4v) is 4.49. The summed E-state index contributed by atoms with van der Waals surface area (Å²) >= 11 is 0. The predicted molar refractivity (Wildman–Crippen MR) is 144 cm³/mol. The minimum absolute atomic E-state index is 0.0109. The lowest BCUT2D eigenvalue weighted by molar-refractivity contribution is -0.142. The zero-order chi connectivity index (χ0) is 29.7. The Labute approximate surface area is 231 Å². The lowest BCUT2D eigenvalue weighted by Gasteiger charge is -2.32. The van der Waals surface area contributed by atoms with Crippen molar-refractivity contribution in [2.75, 3.05) is 13.7 Å². The summed E-state index contributed by atoms with van der Waals surface area (Å²) in [6.07, 6.45) is 0.932. The number of amides is 4. The maximum absolute atomic E-state index is 13.4. The zero-order valence-electron chi connectivity index (χ0n) is 24.7. The summed E-state index contributed by atoms with van der Waals surface area (Å²) < 4.78 is 16.8. The van der Waals surface area contributed by atoms with E-state index in [1.54, 1.807) is 6.92 Å². The van der Waals surface area contributed by atoms with Crippen molar-refractivity contribution in [2.45, 2.75) is 116 Å². The van der Waals surface area contributed by atoms with Gasteiger partial charge in [0, 0.05) is 13.0 Å². The number of carbonyl (C=O) groups is 5. The molecular weight excluding hydrogens is 507 g/mol. The number of likely N-dealkylation sites (tertiary alicyclic amines) is 1. The van der Waals surface area contributed by atoms with E-state index in [1.165, 1.54) is 18.9 Å². The second-order valence-electron chi connectivity index (χ2n) is 11.7. The lowest BCUT2D eigenvalue weighted by atomic mass is 9.72. The van der Waals surface area contributed by atoms with Crippen LogP contribution in [-0.2, 0) is 38.0 Å². The number of methoxy groups -OCH3 is 1. The van der Waals surface area contributed by atoms with Gasteiger partial charge in [-0.3, -0.25) is 24.0 Å². The van der Waals surface area contributed by atoms with Crippen molar-refractivity contribution in [2.24, 2.45) is 5.92 Å². The van der Waals surface area contributed by atoms with Crippen molar-refractivity contribution in [1.29, 1.82) is 0 Å². The Morgan fingerprint density at radius 1 is 0.923 bits per heavy atom. The molecule has 3 N–H and O–H groups in total. The summed E-state index contributed by atoms with van der Waals surface area (Å²) in [6.45, 7) is 15.2. The van der Waals surface area contributed by atoms with E-state index in [-0.39, 0.29) is 30.6 Å². The number of carbonyl (C=O) groups excluding carboxylic acids is 5. The van der Waals surface area contributed by atoms with E-state index in [9.17, 15) is 24.0 Å². The molecule has 220 valence electrons. The van der Waals surface area contributed by atoms with Crippen LogP contribution in [0.5, 0.6) is 0 Å². The molecule has 0 radical (unpaired) electrons. The Morgan fingerprint density at radius 2 is 1.51 bits per heavy atom. The summed E-state index contributed by atoms with van der Waals surface area (Å²) in [5.41, 5.74) is -1.09. The molecule has 4 amide bonds. The lowest BCUT2D eigenvalue weighted by Crippen LogP contribution is -2.58. The number of rotatable bonds is 11. The Bertz CT molecular complexity index is 925. The molecule has 1 unspecified atom stereocenters. The number of esters is 1. The fourth-order valence-electron chi connectivity index (χ4n) is 4.49. The van der Waals surface area contributed by atoms with Crippen LogP contribution < -0.4 is 16.0 Å². The Balaban J connectivity index is 1.97. The first-order valence-electron chi connectivity index (χ1n) is 13.6. The van der Waals surface area contributed by atoms with Gasteiger partial charge in [0.15, 0.2) is 0 Å². The number of hydrogen-bond acceptors (Lipinski definition) is 8. The minimum atomic E-state index is -0.921. The summed E-state index contributed by atoms with van der Waals surface area (Å²) in [4.78, 5) is 63.9. The molecule has 0 spiro atoms. The maximum Gasteiger partial charge on any atom is 0.482 e. The van der Waals surface area contributed by atoms with E-state index in [0.29, 0.717) is 19.4 Å². The molecule has 2 aliphatic heterocycles. The standard InChI is InChI=1S/C26H45BN4O8/c1-15(2)21(27-38-25(5,6)26(7,8)39-27)30-23(35)18-11-10-14-31(18)24(36)17(4)29-22(34)16(3)28-19(32)12-13-20(33)37-9/h15-18,21H,10-14H2,1-9H3,(H,28,32)(H,29,34)(H,30,35)/t16-,17-,18-,21?/m0/s1. The van der Waals surface area contributed by atoms with Crippen LogP contribution in [0.25, 0.3) is 0 Å². The highest BCUT2D eigenvalue weighted by Gasteiger charge is 2.55. The number of ether oxygens (including phenoxy) is 1. The van der Waals surface area contributed by atoms with Crippen molar-refractivity contribution in [3.8, 4) is 0 Å². The molecule has 2 heterocycles. The van der Waals surface area contributed by atoms with Gasteiger partial charge in [-0.15, -0.1) is 0 Å². The summed E-state index contributed by atoms with van der Waals surface area (Å²) in [7, 11) is 0.595. The van der Waals surface area contributed by atoms with Gasteiger partial charge in [-0.2, -0.15) is 0 Å². The van der Waals surface area contributed by atoms with E-state index in [0.717, 1.165) is 0 Å². The van der Waals surface area contributed by atoms with Gasteiger partial charge < -0.3 is 34.9 Å². The average molecular weight is 552 g/mol. The SMILES string of the molecule is COC(=O)CCC(=O)N[C@@H](C)C(=O)N[C@@H](C)C(=O)N1CCC[C@H]1C(=O)NC(B1OC(C)(C)C(C)(C)O1)C(C)C. The van der Waals surface area contributed by atoms with Crippen LogP contribution in [0, 0.1) is 5.92 Å². The summed E-state index contributed by atoms with van der Waals surface area (Å²) in [6, 6.07) is -2.52. The van der Waals surface area contributed by atoms with Gasteiger partial charge in [0.05, 0.1) is 30.7 Å². The highest BCUT2D eigenvalue weighted by atomic mass is 16.7. The van der Waals surface area contributed by atoms with Crippen molar-refractivity contribution < 1.29 is 38.0 Å². The summed E-state index contributed by atoms with van der Waals surface area (Å²) in [5, 5.41) is 8.16. The van der Waals surface area contributed by atoms with E-state index < -0.39 is 60.2 Å². The maximum atomic E-state index is 13.4. The quantitative estimate of drug-likeness (QED) is 0.250. The molecule has 0 aromatic rings. The second kappa shape index (κ2) is 13.1. The van der Waals surface area contributed by atoms with Gasteiger partial charge in [0.25, 0.3) is 0 Å². The third-order valence-corrected chi connectivity index (χ3v) is 7.71. The van der Waals surface area contributed by atoms with Crippen molar-refractivity contribution in [3.05, 3.63) is 0 Å². The highest BCUT2D eigenvalue weighted by Crippen LogP contribution is 2.38. The van der Waals surface area contributed by atoms with Crippen LogP contribution in [0.1, 0.15) is 81.1 Å².